The van der Waals surface area contributed by atoms with Gasteiger partial charge in [-0.25, -0.2) is 4.79 Å². The molecule has 0 bridgehead atoms. The standard InChI is InChI=1S/C13H17N5O2/c1-8(12(19)9-5-3-2-4-6-9)15-13(20)16-11-7-10(14)17-18-11/h2-8,12,19H,1H3,(H5,14,15,16,17,18,20)/t8-,12-/m0/s1. The molecule has 7 heteroatoms. The molecular weight excluding hydrogens is 258 g/mol. The molecule has 20 heavy (non-hydrogen) atoms. The number of carbonyl (C=O) groups is 1. The molecule has 0 aliphatic rings. The van der Waals surface area contributed by atoms with Crippen molar-refractivity contribution in [3.8, 4) is 0 Å². The van der Waals surface area contributed by atoms with Crippen LogP contribution in [0.3, 0.4) is 0 Å². The van der Waals surface area contributed by atoms with Crippen LogP contribution in [0.4, 0.5) is 16.4 Å². The Balaban J connectivity index is 1.90. The maximum atomic E-state index is 11.7. The number of benzene rings is 1. The summed E-state index contributed by atoms with van der Waals surface area (Å²) in [6.45, 7) is 1.72. The highest BCUT2D eigenvalue weighted by molar-refractivity contribution is 5.88. The number of aromatic amines is 1. The van der Waals surface area contributed by atoms with E-state index in [0.29, 0.717) is 11.6 Å². The van der Waals surface area contributed by atoms with E-state index in [1.165, 1.54) is 6.07 Å². The fourth-order valence-corrected chi connectivity index (χ4v) is 1.78. The number of carbonyl (C=O) groups excluding carboxylic acids is 1. The number of aliphatic hydroxyl groups excluding tert-OH is 1. The third-order valence-corrected chi connectivity index (χ3v) is 2.81. The van der Waals surface area contributed by atoms with Crippen LogP contribution in [0.5, 0.6) is 0 Å². The highest BCUT2D eigenvalue weighted by atomic mass is 16.3. The highest BCUT2D eigenvalue weighted by Crippen LogP contribution is 2.16. The van der Waals surface area contributed by atoms with Crippen LogP contribution in [0.1, 0.15) is 18.6 Å². The smallest absolute Gasteiger partial charge is 0.320 e. The molecule has 0 aliphatic heterocycles. The molecule has 0 saturated heterocycles. The Morgan fingerprint density at radius 3 is 2.70 bits per heavy atom. The van der Waals surface area contributed by atoms with Gasteiger partial charge in [-0.15, -0.1) is 0 Å². The van der Waals surface area contributed by atoms with E-state index in [-0.39, 0.29) is 0 Å². The fourth-order valence-electron chi connectivity index (χ4n) is 1.78. The first-order chi connectivity index (χ1) is 9.56. The van der Waals surface area contributed by atoms with Crippen LogP contribution in [0.2, 0.25) is 0 Å². The number of aliphatic hydroxyl groups is 1. The topological polar surface area (TPSA) is 116 Å². The molecule has 2 amide bonds. The summed E-state index contributed by atoms with van der Waals surface area (Å²) < 4.78 is 0. The largest absolute Gasteiger partial charge is 0.386 e. The number of H-pyrrole nitrogens is 1. The van der Waals surface area contributed by atoms with Gasteiger partial charge < -0.3 is 16.2 Å². The first-order valence-corrected chi connectivity index (χ1v) is 6.17. The van der Waals surface area contributed by atoms with Crippen molar-refractivity contribution in [2.45, 2.75) is 19.1 Å². The van der Waals surface area contributed by atoms with Crippen molar-refractivity contribution in [2.75, 3.05) is 11.1 Å². The van der Waals surface area contributed by atoms with Gasteiger partial charge in [0.25, 0.3) is 0 Å². The van der Waals surface area contributed by atoms with Crippen molar-refractivity contribution in [3.63, 3.8) is 0 Å². The molecule has 2 rings (SSSR count). The average Bonchev–Trinajstić information content (AvgIpc) is 2.84. The minimum Gasteiger partial charge on any atom is -0.386 e. The Labute approximate surface area is 116 Å². The van der Waals surface area contributed by atoms with Gasteiger partial charge in [0.1, 0.15) is 5.82 Å². The maximum Gasteiger partial charge on any atom is 0.320 e. The number of nitrogen functional groups attached to an aromatic ring is 1. The summed E-state index contributed by atoms with van der Waals surface area (Å²) in [5.41, 5.74) is 6.19. The van der Waals surface area contributed by atoms with Crippen molar-refractivity contribution in [3.05, 3.63) is 42.0 Å². The number of aromatic nitrogens is 2. The van der Waals surface area contributed by atoms with E-state index in [4.69, 9.17) is 5.73 Å². The molecule has 0 saturated carbocycles. The van der Waals surface area contributed by atoms with Crippen molar-refractivity contribution < 1.29 is 9.90 Å². The molecule has 0 aliphatic carbocycles. The van der Waals surface area contributed by atoms with Gasteiger partial charge in [0.05, 0.1) is 12.1 Å². The second-order valence-corrected chi connectivity index (χ2v) is 4.45. The highest BCUT2D eigenvalue weighted by Gasteiger charge is 2.18. The summed E-state index contributed by atoms with van der Waals surface area (Å²) in [6, 6.07) is 9.72. The lowest BCUT2D eigenvalue weighted by Gasteiger charge is -2.20. The zero-order valence-corrected chi connectivity index (χ0v) is 11.0. The molecule has 2 aromatic rings. The quantitative estimate of drug-likeness (QED) is 0.577. The van der Waals surface area contributed by atoms with Gasteiger partial charge in [0, 0.05) is 6.07 Å². The van der Waals surface area contributed by atoms with E-state index in [1.54, 1.807) is 19.1 Å². The summed E-state index contributed by atoms with van der Waals surface area (Å²) >= 11 is 0. The van der Waals surface area contributed by atoms with Crippen LogP contribution >= 0.6 is 0 Å². The Bertz CT molecular complexity index is 569. The number of amides is 2. The molecule has 1 aromatic carbocycles. The van der Waals surface area contributed by atoms with Crippen LogP contribution in [0.15, 0.2) is 36.4 Å². The third-order valence-electron chi connectivity index (χ3n) is 2.81. The Morgan fingerprint density at radius 1 is 1.40 bits per heavy atom. The van der Waals surface area contributed by atoms with Gasteiger partial charge in [-0.1, -0.05) is 30.3 Å². The number of urea groups is 1. The van der Waals surface area contributed by atoms with E-state index >= 15 is 0 Å². The number of nitrogens with zero attached hydrogens (tertiary/aromatic N) is 1. The van der Waals surface area contributed by atoms with Gasteiger partial charge in [-0.05, 0) is 12.5 Å². The molecular formula is C13H17N5O2. The number of nitrogens with one attached hydrogen (secondary N) is 3. The lowest BCUT2D eigenvalue weighted by atomic mass is 10.0. The van der Waals surface area contributed by atoms with Gasteiger partial charge in [0.15, 0.2) is 5.82 Å². The first-order valence-electron chi connectivity index (χ1n) is 6.17. The van der Waals surface area contributed by atoms with E-state index in [9.17, 15) is 9.90 Å². The predicted octanol–water partition coefficient (Wildman–Crippen LogP) is 1.24. The van der Waals surface area contributed by atoms with Crippen molar-refractivity contribution in [1.82, 2.24) is 15.5 Å². The van der Waals surface area contributed by atoms with Crippen LogP contribution < -0.4 is 16.4 Å². The molecule has 1 aromatic heterocycles. The summed E-state index contributed by atoms with van der Waals surface area (Å²) in [4.78, 5) is 11.7. The zero-order valence-electron chi connectivity index (χ0n) is 11.0. The van der Waals surface area contributed by atoms with E-state index in [0.717, 1.165) is 5.56 Å². The number of hydrogen-bond acceptors (Lipinski definition) is 4. The molecule has 7 nitrogen and oxygen atoms in total. The van der Waals surface area contributed by atoms with Gasteiger partial charge in [-0.3, -0.25) is 10.4 Å². The molecule has 0 unspecified atom stereocenters. The number of hydrogen-bond donors (Lipinski definition) is 5. The van der Waals surface area contributed by atoms with Gasteiger partial charge in [0.2, 0.25) is 0 Å². The SMILES string of the molecule is C[C@H](NC(=O)Nc1cc(N)[nH]n1)[C@H](O)c1ccccc1. The van der Waals surface area contributed by atoms with Crippen LogP contribution in [-0.4, -0.2) is 27.4 Å². The minimum atomic E-state index is -0.786. The maximum absolute atomic E-state index is 11.7. The lowest BCUT2D eigenvalue weighted by molar-refractivity contribution is 0.139. The minimum absolute atomic E-state index is 0.321. The second kappa shape index (κ2) is 6.07. The predicted molar refractivity (Wildman–Crippen MR) is 76.0 cm³/mol. The summed E-state index contributed by atoms with van der Waals surface area (Å²) in [6.07, 6.45) is -0.786. The van der Waals surface area contributed by atoms with Gasteiger partial charge >= 0.3 is 6.03 Å². The molecule has 0 fully saturated rings. The Kier molecular flexibility index (Phi) is 4.21. The van der Waals surface area contributed by atoms with Crippen molar-refractivity contribution >= 4 is 17.7 Å². The first kappa shape index (κ1) is 13.9. The molecule has 0 radical (unpaired) electrons. The van der Waals surface area contributed by atoms with Crippen LogP contribution in [0.25, 0.3) is 0 Å². The monoisotopic (exact) mass is 275 g/mol. The van der Waals surface area contributed by atoms with Crippen molar-refractivity contribution in [1.29, 1.82) is 0 Å². The number of rotatable bonds is 4. The number of anilines is 2. The molecule has 1 heterocycles. The Hall–Kier alpha value is -2.54. The zero-order chi connectivity index (χ0) is 14.5. The van der Waals surface area contributed by atoms with E-state index < -0.39 is 18.2 Å². The summed E-state index contributed by atoms with van der Waals surface area (Å²) in [5.74, 6) is 0.680. The summed E-state index contributed by atoms with van der Waals surface area (Å²) in [5, 5.41) is 21.6. The third kappa shape index (κ3) is 3.48. The average molecular weight is 275 g/mol. The van der Waals surface area contributed by atoms with Crippen LogP contribution in [-0.2, 0) is 0 Å². The van der Waals surface area contributed by atoms with Gasteiger partial charge in [-0.2, -0.15) is 5.10 Å². The van der Waals surface area contributed by atoms with E-state index in [1.807, 2.05) is 18.2 Å². The molecule has 0 spiro atoms. The molecule has 2 atom stereocenters. The molecule has 6 N–H and O–H groups in total. The van der Waals surface area contributed by atoms with Crippen molar-refractivity contribution in [2.24, 2.45) is 0 Å². The van der Waals surface area contributed by atoms with E-state index in [2.05, 4.69) is 20.8 Å². The lowest BCUT2D eigenvalue weighted by Crippen LogP contribution is -2.39. The fraction of sp³-hybridized carbons (Fsp3) is 0.231. The second-order valence-electron chi connectivity index (χ2n) is 4.45. The normalized spacial score (nSPS) is 13.5. The number of nitrogens with two attached hydrogens (primary N) is 1. The van der Waals surface area contributed by atoms with Crippen LogP contribution in [0, 0.1) is 0 Å². The summed E-state index contributed by atoms with van der Waals surface area (Å²) in [7, 11) is 0. The Morgan fingerprint density at radius 2 is 2.10 bits per heavy atom. The molecule has 106 valence electrons.